The van der Waals surface area contributed by atoms with E-state index >= 15 is 0 Å². The summed E-state index contributed by atoms with van der Waals surface area (Å²) in [5, 5.41) is 0. The number of carbonyl (C=O) groups excluding carboxylic acids is 2. The topological polar surface area (TPSA) is 66.6 Å². The molecule has 124 valence electrons. The molecule has 2 saturated heterocycles. The van der Waals surface area contributed by atoms with Crippen molar-refractivity contribution in [2.24, 2.45) is 11.7 Å². The summed E-state index contributed by atoms with van der Waals surface area (Å²) in [5.41, 5.74) is 6.16. The first-order chi connectivity index (χ1) is 11.0. The minimum atomic E-state index is -1.01. The number of rotatable bonds is 2. The van der Waals surface area contributed by atoms with Crippen LogP contribution in [0, 0.1) is 17.6 Å². The second kappa shape index (κ2) is 6.23. The molecule has 2 fully saturated rings. The van der Waals surface area contributed by atoms with Crippen LogP contribution >= 0.6 is 0 Å². The van der Waals surface area contributed by atoms with Crippen LogP contribution in [-0.2, 0) is 9.59 Å². The standard InChI is InChI=1S/C16H19F2N3O2/c17-13-4-3-11(8-14(13)18)21-7-5-12(16(21)23)15(22)20-6-1-2-10(19)9-20/h3-4,8,10,12H,1-2,5-7,9,19H2/t10-,12+/m1/s1. The van der Waals surface area contributed by atoms with Gasteiger partial charge in [-0.25, -0.2) is 8.78 Å². The quantitative estimate of drug-likeness (QED) is 0.834. The maximum absolute atomic E-state index is 13.3. The van der Waals surface area contributed by atoms with E-state index in [9.17, 15) is 18.4 Å². The predicted octanol–water partition coefficient (Wildman–Crippen LogP) is 1.27. The summed E-state index contributed by atoms with van der Waals surface area (Å²) >= 11 is 0. The number of nitrogens with zero attached hydrogens (tertiary/aromatic N) is 2. The molecule has 1 aromatic rings. The summed E-state index contributed by atoms with van der Waals surface area (Å²) in [6.07, 6.45) is 2.09. The first-order valence-corrected chi connectivity index (χ1v) is 7.78. The average Bonchev–Trinajstić information content (AvgIpc) is 2.91. The number of anilines is 1. The largest absolute Gasteiger partial charge is 0.340 e. The van der Waals surface area contributed by atoms with Gasteiger partial charge in [0.25, 0.3) is 0 Å². The van der Waals surface area contributed by atoms with Crippen LogP contribution < -0.4 is 10.6 Å². The third-order valence-electron chi connectivity index (χ3n) is 4.49. The van der Waals surface area contributed by atoms with Crippen LogP contribution in [0.3, 0.4) is 0 Å². The Morgan fingerprint density at radius 1 is 1.17 bits per heavy atom. The molecule has 3 rings (SSSR count). The van der Waals surface area contributed by atoms with Gasteiger partial charge in [-0.05, 0) is 31.4 Å². The molecule has 0 spiro atoms. The van der Waals surface area contributed by atoms with Gasteiger partial charge in [-0.2, -0.15) is 0 Å². The molecule has 0 aliphatic carbocycles. The third-order valence-corrected chi connectivity index (χ3v) is 4.49. The third kappa shape index (κ3) is 3.06. The molecule has 2 N–H and O–H groups in total. The van der Waals surface area contributed by atoms with Gasteiger partial charge in [-0.1, -0.05) is 0 Å². The van der Waals surface area contributed by atoms with E-state index in [-0.39, 0.29) is 23.5 Å². The van der Waals surface area contributed by atoms with Crippen LogP contribution in [0.4, 0.5) is 14.5 Å². The zero-order valence-corrected chi connectivity index (χ0v) is 12.7. The number of halogens is 2. The number of carbonyl (C=O) groups is 2. The second-order valence-corrected chi connectivity index (χ2v) is 6.12. The van der Waals surface area contributed by atoms with E-state index in [1.54, 1.807) is 4.90 Å². The van der Waals surface area contributed by atoms with Gasteiger partial charge in [-0.3, -0.25) is 9.59 Å². The van der Waals surface area contributed by atoms with Gasteiger partial charge in [-0.15, -0.1) is 0 Å². The van der Waals surface area contributed by atoms with Crippen LogP contribution in [0.25, 0.3) is 0 Å². The van der Waals surface area contributed by atoms with E-state index < -0.39 is 17.6 Å². The number of piperidine rings is 1. The summed E-state index contributed by atoms with van der Waals surface area (Å²) in [4.78, 5) is 28.0. The van der Waals surface area contributed by atoms with Crippen LogP contribution in [0.5, 0.6) is 0 Å². The summed E-state index contributed by atoms with van der Waals surface area (Å²) in [6, 6.07) is 3.26. The highest BCUT2D eigenvalue weighted by molar-refractivity contribution is 6.09. The Morgan fingerprint density at radius 3 is 2.65 bits per heavy atom. The van der Waals surface area contributed by atoms with Gasteiger partial charge in [0.15, 0.2) is 11.6 Å². The Hall–Kier alpha value is -2.02. The van der Waals surface area contributed by atoms with Gasteiger partial charge in [0, 0.05) is 37.4 Å². The Morgan fingerprint density at radius 2 is 1.96 bits per heavy atom. The Balaban J connectivity index is 1.73. The maximum atomic E-state index is 13.3. The van der Waals surface area contributed by atoms with Gasteiger partial charge >= 0.3 is 0 Å². The highest BCUT2D eigenvalue weighted by Gasteiger charge is 2.40. The highest BCUT2D eigenvalue weighted by atomic mass is 19.2. The van der Waals surface area contributed by atoms with Gasteiger partial charge < -0.3 is 15.5 Å². The molecule has 5 nitrogen and oxygen atoms in total. The van der Waals surface area contributed by atoms with Crippen molar-refractivity contribution in [3.05, 3.63) is 29.8 Å². The summed E-state index contributed by atoms with van der Waals surface area (Å²) in [7, 11) is 0. The first kappa shape index (κ1) is 15.9. The molecule has 7 heteroatoms. The molecule has 2 aliphatic heterocycles. The molecule has 2 aliphatic rings. The fraction of sp³-hybridized carbons (Fsp3) is 0.500. The van der Waals surface area contributed by atoms with E-state index in [4.69, 9.17) is 5.73 Å². The number of hydrogen-bond donors (Lipinski definition) is 1. The number of hydrogen-bond acceptors (Lipinski definition) is 3. The van der Waals surface area contributed by atoms with Crippen molar-refractivity contribution in [2.45, 2.75) is 25.3 Å². The molecular weight excluding hydrogens is 304 g/mol. The molecule has 0 unspecified atom stereocenters. The van der Waals surface area contributed by atoms with E-state index in [1.807, 2.05) is 0 Å². The summed E-state index contributed by atoms with van der Waals surface area (Å²) in [5.74, 6) is -3.30. The van der Waals surface area contributed by atoms with Crippen molar-refractivity contribution < 1.29 is 18.4 Å². The van der Waals surface area contributed by atoms with E-state index in [0.717, 1.165) is 25.0 Å². The number of amides is 2. The van der Waals surface area contributed by atoms with Crippen molar-refractivity contribution in [1.29, 1.82) is 0 Å². The molecule has 2 atom stereocenters. The van der Waals surface area contributed by atoms with Crippen LogP contribution in [-0.4, -0.2) is 42.4 Å². The lowest BCUT2D eigenvalue weighted by atomic mass is 10.0. The Labute approximate surface area is 133 Å². The molecule has 2 heterocycles. The Kier molecular flexibility index (Phi) is 4.30. The SMILES string of the molecule is N[C@@H]1CCCN(C(=O)[C@@H]2CCN(c3ccc(F)c(F)c3)C2=O)C1. The first-order valence-electron chi connectivity index (χ1n) is 7.78. The van der Waals surface area contributed by atoms with E-state index in [2.05, 4.69) is 0 Å². The van der Waals surface area contributed by atoms with Crippen LogP contribution in [0.2, 0.25) is 0 Å². The lowest BCUT2D eigenvalue weighted by Crippen LogP contribution is -2.49. The Bertz CT molecular complexity index is 638. The lowest BCUT2D eigenvalue weighted by molar-refractivity contribution is -0.140. The zero-order chi connectivity index (χ0) is 16.6. The molecule has 0 saturated carbocycles. The van der Waals surface area contributed by atoms with Crippen LogP contribution in [0.15, 0.2) is 18.2 Å². The molecule has 0 radical (unpaired) electrons. The molecule has 0 aromatic heterocycles. The summed E-state index contributed by atoms with van der Waals surface area (Å²) in [6.45, 7) is 1.40. The van der Waals surface area contributed by atoms with Crippen LogP contribution in [0.1, 0.15) is 19.3 Å². The van der Waals surface area contributed by atoms with Crippen molar-refractivity contribution in [1.82, 2.24) is 4.90 Å². The average molecular weight is 323 g/mol. The number of likely N-dealkylation sites (tertiary alicyclic amines) is 1. The minimum Gasteiger partial charge on any atom is -0.340 e. The number of nitrogens with two attached hydrogens (primary N) is 1. The van der Waals surface area contributed by atoms with Gasteiger partial charge in [0.05, 0.1) is 0 Å². The maximum Gasteiger partial charge on any atom is 0.239 e. The second-order valence-electron chi connectivity index (χ2n) is 6.12. The zero-order valence-electron chi connectivity index (χ0n) is 12.7. The highest BCUT2D eigenvalue weighted by Crippen LogP contribution is 2.28. The fourth-order valence-electron chi connectivity index (χ4n) is 3.25. The molecular formula is C16H19F2N3O2. The molecule has 2 amide bonds. The van der Waals surface area contributed by atoms with Crippen molar-refractivity contribution in [3.8, 4) is 0 Å². The monoisotopic (exact) mass is 323 g/mol. The van der Waals surface area contributed by atoms with Gasteiger partial charge in [0.2, 0.25) is 11.8 Å². The van der Waals surface area contributed by atoms with E-state index in [0.29, 0.717) is 26.1 Å². The molecule has 23 heavy (non-hydrogen) atoms. The van der Waals surface area contributed by atoms with Crippen molar-refractivity contribution >= 4 is 17.5 Å². The smallest absolute Gasteiger partial charge is 0.239 e. The molecule has 0 bridgehead atoms. The lowest BCUT2D eigenvalue weighted by Gasteiger charge is -2.32. The molecule has 1 aromatic carbocycles. The van der Waals surface area contributed by atoms with Crippen molar-refractivity contribution in [3.63, 3.8) is 0 Å². The summed E-state index contributed by atoms with van der Waals surface area (Å²) < 4.78 is 26.4. The van der Waals surface area contributed by atoms with Gasteiger partial charge in [0.1, 0.15) is 5.92 Å². The predicted molar refractivity (Wildman–Crippen MR) is 80.6 cm³/mol. The van der Waals surface area contributed by atoms with E-state index in [1.165, 1.54) is 11.0 Å². The fourth-order valence-corrected chi connectivity index (χ4v) is 3.25. The normalized spacial score (nSPS) is 25.1. The minimum absolute atomic E-state index is 0.0495. The number of benzene rings is 1. The van der Waals surface area contributed by atoms with Crippen molar-refractivity contribution in [2.75, 3.05) is 24.5 Å².